The molecule has 0 atom stereocenters. The van der Waals surface area contributed by atoms with Gasteiger partial charge < -0.3 is 4.74 Å². The van der Waals surface area contributed by atoms with Crippen LogP contribution in [-0.2, 0) is 4.79 Å². The van der Waals surface area contributed by atoms with Crippen LogP contribution in [0.25, 0.3) is 6.08 Å². The molecule has 0 saturated heterocycles. The van der Waals surface area contributed by atoms with Crippen LogP contribution >= 0.6 is 0 Å². The van der Waals surface area contributed by atoms with E-state index in [1.54, 1.807) is 24.3 Å². The van der Waals surface area contributed by atoms with Gasteiger partial charge in [-0.15, -0.1) is 0 Å². The smallest absolute Gasteiger partial charge is 0.277 e. The highest BCUT2D eigenvalue weighted by Gasteiger charge is 2.06. The van der Waals surface area contributed by atoms with Crippen molar-refractivity contribution in [3.8, 4) is 5.75 Å². The van der Waals surface area contributed by atoms with E-state index in [4.69, 9.17) is 4.74 Å². The quantitative estimate of drug-likeness (QED) is 0.469. The molecule has 2 aromatic carbocycles. The molecule has 2 aromatic rings. The molecule has 0 aliphatic carbocycles. The first kappa shape index (κ1) is 18.9. The van der Waals surface area contributed by atoms with E-state index in [-0.39, 0.29) is 18.2 Å². The second-order valence-corrected chi connectivity index (χ2v) is 5.53. The van der Waals surface area contributed by atoms with Gasteiger partial charge in [-0.1, -0.05) is 24.3 Å². The van der Waals surface area contributed by atoms with Gasteiger partial charge in [0.1, 0.15) is 5.75 Å². The van der Waals surface area contributed by atoms with Crippen LogP contribution in [0.1, 0.15) is 16.7 Å². The normalized spacial score (nSPS) is 11.0. The van der Waals surface area contributed by atoms with Crippen LogP contribution in [0.2, 0.25) is 0 Å². The standard InChI is InChI=1S/C19H19N3O4/c1-14-5-3-6-15(2)19(14)26-13-18(23)21-20-12-4-7-16-8-10-17(11-9-16)22(24)25/h3-12H,13H2,1-2H3,(H,21,23)/b7-4+,20-12+. The number of para-hydroxylation sites is 1. The van der Waals surface area contributed by atoms with E-state index in [9.17, 15) is 14.9 Å². The molecule has 0 aliphatic heterocycles. The topological polar surface area (TPSA) is 93.8 Å². The third-order valence-electron chi connectivity index (χ3n) is 3.50. The summed E-state index contributed by atoms with van der Waals surface area (Å²) in [6, 6.07) is 11.9. The number of ether oxygens (including phenoxy) is 1. The predicted octanol–water partition coefficient (Wildman–Crippen LogP) is 3.41. The van der Waals surface area contributed by atoms with Crippen molar-refractivity contribution in [2.45, 2.75) is 13.8 Å². The molecule has 0 spiro atoms. The number of nitrogens with one attached hydrogen (secondary N) is 1. The number of hydrogen-bond donors (Lipinski definition) is 1. The van der Waals surface area contributed by atoms with E-state index < -0.39 is 4.92 Å². The molecule has 0 radical (unpaired) electrons. The molecular weight excluding hydrogens is 334 g/mol. The fourth-order valence-corrected chi connectivity index (χ4v) is 2.21. The minimum Gasteiger partial charge on any atom is -0.483 e. The number of hydrogen-bond acceptors (Lipinski definition) is 5. The van der Waals surface area contributed by atoms with Gasteiger partial charge in [-0.05, 0) is 48.7 Å². The van der Waals surface area contributed by atoms with Crippen LogP contribution < -0.4 is 10.2 Å². The summed E-state index contributed by atoms with van der Waals surface area (Å²) in [6.07, 6.45) is 4.75. The molecule has 0 unspecified atom stereocenters. The number of nitrogens with zero attached hydrogens (tertiary/aromatic N) is 2. The van der Waals surface area contributed by atoms with Crippen molar-refractivity contribution in [2.24, 2.45) is 5.10 Å². The van der Waals surface area contributed by atoms with E-state index in [0.717, 1.165) is 16.7 Å². The number of nitro groups is 1. The second-order valence-electron chi connectivity index (χ2n) is 5.53. The molecule has 7 nitrogen and oxygen atoms in total. The predicted molar refractivity (Wildman–Crippen MR) is 100 cm³/mol. The molecule has 0 heterocycles. The van der Waals surface area contributed by atoms with Gasteiger partial charge >= 0.3 is 0 Å². The molecule has 1 N–H and O–H groups in total. The second kappa shape index (κ2) is 9.12. The largest absolute Gasteiger partial charge is 0.483 e. The summed E-state index contributed by atoms with van der Waals surface area (Å²) in [4.78, 5) is 21.9. The molecule has 0 bridgehead atoms. The van der Waals surface area contributed by atoms with Crippen LogP contribution in [0.15, 0.2) is 53.6 Å². The van der Waals surface area contributed by atoms with Gasteiger partial charge in [0.2, 0.25) is 0 Å². The number of allylic oxidation sites excluding steroid dienone is 1. The number of hydrazone groups is 1. The Balaban J connectivity index is 1.79. The van der Waals surface area contributed by atoms with Crippen molar-refractivity contribution in [2.75, 3.05) is 6.61 Å². The van der Waals surface area contributed by atoms with Gasteiger partial charge in [0.25, 0.3) is 11.6 Å². The highest BCUT2D eigenvalue weighted by atomic mass is 16.6. The number of amides is 1. The minimum atomic E-state index is -0.453. The molecule has 2 rings (SSSR count). The van der Waals surface area contributed by atoms with Crippen molar-refractivity contribution in [1.82, 2.24) is 5.43 Å². The number of nitro benzene ring substituents is 1. The summed E-state index contributed by atoms with van der Waals surface area (Å²) in [5.41, 5.74) is 5.12. The summed E-state index contributed by atoms with van der Waals surface area (Å²) < 4.78 is 5.53. The first-order chi connectivity index (χ1) is 12.5. The van der Waals surface area contributed by atoms with E-state index in [2.05, 4.69) is 10.5 Å². The zero-order valence-corrected chi connectivity index (χ0v) is 14.5. The lowest BCUT2D eigenvalue weighted by molar-refractivity contribution is -0.384. The van der Waals surface area contributed by atoms with Crippen molar-refractivity contribution in [1.29, 1.82) is 0 Å². The zero-order valence-electron chi connectivity index (χ0n) is 14.5. The number of benzene rings is 2. The lowest BCUT2D eigenvalue weighted by Gasteiger charge is -2.10. The molecule has 0 saturated carbocycles. The summed E-state index contributed by atoms with van der Waals surface area (Å²) >= 11 is 0. The summed E-state index contributed by atoms with van der Waals surface area (Å²) in [5, 5.41) is 14.4. The Morgan fingerprint density at radius 1 is 1.19 bits per heavy atom. The van der Waals surface area contributed by atoms with Crippen LogP contribution in [0.4, 0.5) is 5.69 Å². The maximum absolute atomic E-state index is 11.7. The lowest BCUT2D eigenvalue weighted by atomic mass is 10.1. The zero-order chi connectivity index (χ0) is 18.9. The fourth-order valence-electron chi connectivity index (χ4n) is 2.21. The average molecular weight is 353 g/mol. The van der Waals surface area contributed by atoms with Gasteiger partial charge in [-0.3, -0.25) is 14.9 Å². The van der Waals surface area contributed by atoms with Crippen molar-refractivity contribution in [3.63, 3.8) is 0 Å². The van der Waals surface area contributed by atoms with Crippen molar-refractivity contribution < 1.29 is 14.5 Å². The Morgan fingerprint density at radius 2 is 1.85 bits per heavy atom. The molecule has 0 fully saturated rings. The van der Waals surface area contributed by atoms with Gasteiger partial charge in [-0.2, -0.15) is 5.10 Å². The van der Waals surface area contributed by atoms with E-state index >= 15 is 0 Å². The number of carbonyl (C=O) groups is 1. The molecule has 7 heteroatoms. The minimum absolute atomic E-state index is 0.0342. The number of carbonyl (C=O) groups excluding carboxylic acids is 1. The molecular formula is C19H19N3O4. The first-order valence-electron chi connectivity index (χ1n) is 7.89. The van der Waals surface area contributed by atoms with Gasteiger partial charge in [-0.25, -0.2) is 5.43 Å². The summed E-state index contributed by atoms with van der Waals surface area (Å²) in [6.45, 7) is 3.71. The molecule has 0 aliphatic rings. The maximum atomic E-state index is 11.7. The molecule has 26 heavy (non-hydrogen) atoms. The lowest BCUT2D eigenvalue weighted by Crippen LogP contribution is -2.24. The van der Waals surface area contributed by atoms with Gasteiger partial charge in [0, 0.05) is 18.3 Å². The number of aryl methyl sites for hydroxylation is 2. The Kier molecular flexibility index (Phi) is 6.61. The first-order valence-corrected chi connectivity index (χ1v) is 7.89. The third kappa shape index (κ3) is 5.55. The Bertz CT molecular complexity index is 822. The van der Waals surface area contributed by atoms with Crippen LogP contribution in [0.3, 0.4) is 0 Å². The van der Waals surface area contributed by atoms with Crippen LogP contribution in [0, 0.1) is 24.0 Å². The van der Waals surface area contributed by atoms with E-state index in [1.807, 2.05) is 32.0 Å². The number of non-ortho nitro benzene ring substituents is 1. The Morgan fingerprint density at radius 3 is 2.46 bits per heavy atom. The fraction of sp³-hybridized carbons (Fsp3) is 0.158. The van der Waals surface area contributed by atoms with Gasteiger partial charge in [0.15, 0.2) is 6.61 Å². The molecule has 134 valence electrons. The highest BCUT2D eigenvalue weighted by Crippen LogP contribution is 2.21. The summed E-state index contributed by atoms with van der Waals surface area (Å²) in [5.74, 6) is 0.331. The average Bonchev–Trinajstić information content (AvgIpc) is 2.61. The van der Waals surface area contributed by atoms with Crippen molar-refractivity contribution in [3.05, 3.63) is 75.3 Å². The molecule has 0 aromatic heterocycles. The van der Waals surface area contributed by atoms with E-state index in [1.165, 1.54) is 18.3 Å². The third-order valence-corrected chi connectivity index (χ3v) is 3.50. The van der Waals surface area contributed by atoms with Gasteiger partial charge in [0.05, 0.1) is 4.92 Å². The monoisotopic (exact) mass is 353 g/mol. The Hall–Kier alpha value is -3.48. The van der Waals surface area contributed by atoms with Crippen molar-refractivity contribution >= 4 is 23.9 Å². The van der Waals surface area contributed by atoms with Crippen LogP contribution in [-0.4, -0.2) is 23.7 Å². The Labute approximate surface area is 151 Å². The maximum Gasteiger partial charge on any atom is 0.277 e. The SMILES string of the molecule is Cc1cccc(C)c1OCC(=O)N/N=C/C=C/c1ccc([N+](=O)[O-])cc1. The highest BCUT2D eigenvalue weighted by molar-refractivity contribution is 5.82. The van der Waals surface area contributed by atoms with E-state index in [0.29, 0.717) is 5.75 Å². The summed E-state index contributed by atoms with van der Waals surface area (Å²) in [7, 11) is 0. The number of rotatable bonds is 7. The van der Waals surface area contributed by atoms with Crippen LogP contribution in [0.5, 0.6) is 5.75 Å². The molecule has 1 amide bonds.